The third kappa shape index (κ3) is 5.01. The average Bonchev–Trinajstić information content (AvgIpc) is 2.95. The molecule has 136 valence electrons. The van der Waals surface area contributed by atoms with E-state index in [1.165, 1.54) is 19.1 Å². The van der Waals surface area contributed by atoms with E-state index in [1.54, 1.807) is 16.8 Å². The minimum Gasteiger partial charge on any atom is -0.485 e. The number of hydrogen-bond donors (Lipinski definition) is 1. The number of carbonyl (C=O) groups excluding carboxylic acids is 1. The Bertz CT molecular complexity index is 737. The van der Waals surface area contributed by atoms with Crippen LogP contribution in [-0.2, 0) is 16.9 Å². The normalized spacial score (nSPS) is 12.7. The SMILES string of the molecule is CCC(NC(C)=O)c1nc(COc2cccc(F)c2)nn1C(C)(C)C. The van der Waals surface area contributed by atoms with Gasteiger partial charge in [0.05, 0.1) is 11.6 Å². The molecule has 0 fully saturated rings. The molecule has 7 heteroatoms. The van der Waals surface area contributed by atoms with Crippen molar-refractivity contribution in [3.8, 4) is 5.75 Å². The van der Waals surface area contributed by atoms with Crippen molar-refractivity contribution in [2.45, 2.75) is 59.2 Å². The largest absolute Gasteiger partial charge is 0.485 e. The molecule has 6 nitrogen and oxygen atoms in total. The van der Waals surface area contributed by atoms with Gasteiger partial charge in [-0.3, -0.25) is 4.79 Å². The Morgan fingerprint density at radius 1 is 1.40 bits per heavy atom. The van der Waals surface area contributed by atoms with Crippen LogP contribution < -0.4 is 10.1 Å². The Labute approximate surface area is 147 Å². The second-order valence-corrected chi connectivity index (χ2v) is 6.88. The van der Waals surface area contributed by atoms with E-state index in [0.29, 0.717) is 23.8 Å². The van der Waals surface area contributed by atoms with Crippen LogP contribution in [0.4, 0.5) is 4.39 Å². The summed E-state index contributed by atoms with van der Waals surface area (Å²) in [5, 5.41) is 7.43. The molecule has 0 bridgehead atoms. The van der Waals surface area contributed by atoms with Crippen molar-refractivity contribution in [3.05, 3.63) is 41.7 Å². The number of aromatic nitrogens is 3. The second kappa shape index (κ2) is 7.63. The summed E-state index contributed by atoms with van der Waals surface area (Å²) >= 11 is 0. The number of carbonyl (C=O) groups is 1. The molecule has 25 heavy (non-hydrogen) atoms. The zero-order valence-electron chi connectivity index (χ0n) is 15.3. The number of hydrogen-bond acceptors (Lipinski definition) is 4. The molecule has 2 rings (SSSR count). The van der Waals surface area contributed by atoms with Crippen molar-refractivity contribution in [2.24, 2.45) is 0 Å². The van der Waals surface area contributed by atoms with E-state index in [9.17, 15) is 9.18 Å². The minimum atomic E-state index is -0.358. The third-order valence-corrected chi connectivity index (χ3v) is 3.57. The molecule has 2 aromatic rings. The highest BCUT2D eigenvalue weighted by molar-refractivity contribution is 5.73. The number of nitrogens with zero attached hydrogens (tertiary/aromatic N) is 3. The molecule has 0 saturated heterocycles. The van der Waals surface area contributed by atoms with Gasteiger partial charge >= 0.3 is 0 Å². The van der Waals surface area contributed by atoms with Crippen LogP contribution in [-0.4, -0.2) is 20.7 Å². The Kier molecular flexibility index (Phi) is 5.77. The lowest BCUT2D eigenvalue weighted by Gasteiger charge is -2.24. The van der Waals surface area contributed by atoms with E-state index in [2.05, 4.69) is 15.4 Å². The first-order chi connectivity index (χ1) is 11.7. The lowest BCUT2D eigenvalue weighted by molar-refractivity contribution is -0.119. The maximum atomic E-state index is 13.2. The molecule has 0 saturated carbocycles. The average molecular weight is 348 g/mol. The highest BCUT2D eigenvalue weighted by Crippen LogP contribution is 2.23. The van der Waals surface area contributed by atoms with Crippen LogP contribution in [0.15, 0.2) is 24.3 Å². The Balaban J connectivity index is 2.26. The zero-order chi connectivity index (χ0) is 18.6. The van der Waals surface area contributed by atoms with E-state index in [-0.39, 0.29) is 29.9 Å². The van der Waals surface area contributed by atoms with Gasteiger partial charge < -0.3 is 10.1 Å². The Morgan fingerprint density at radius 3 is 2.68 bits per heavy atom. The predicted octanol–water partition coefficient (Wildman–Crippen LogP) is 3.34. The smallest absolute Gasteiger partial charge is 0.217 e. The van der Waals surface area contributed by atoms with Gasteiger partial charge in [0.1, 0.15) is 24.0 Å². The molecule has 1 heterocycles. The molecule has 0 aliphatic heterocycles. The van der Waals surface area contributed by atoms with Crippen molar-refractivity contribution >= 4 is 5.91 Å². The lowest BCUT2D eigenvalue weighted by Crippen LogP contribution is -2.33. The molecule has 1 aromatic carbocycles. The second-order valence-electron chi connectivity index (χ2n) is 6.88. The highest BCUT2D eigenvalue weighted by Gasteiger charge is 2.26. The summed E-state index contributed by atoms with van der Waals surface area (Å²) < 4.78 is 20.6. The summed E-state index contributed by atoms with van der Waals surface area (Å²) in [7, 11) is 0. The van der Waals surface area contributed by atoms with Gasteiger partial charge in [-0.2, -0.15) is 5.10 Å². The molecule has 1 atom stereocenters. The standard InChI is InChI=1S/C18H25FN4O2/c1-6-15(20-12(2)24)17-21-16(22-23(17)18(3,4)5)11-25-14-9-7-8-13(19)10-14/h7-10,15H,6,11H2,1-5H3,(H,20,24). The van der Waals surface area contributed by atoms with Crippen LogP contribution in [0, 0.1) is 5.82 Å². The summed E-state index contributed by atoms with van der Waals surface area (Å²) in [6.45, 7) is 9.63. The number of rotatable bonds is 6. The quantitative estimate of drug-likeness (QED) is 0.869. The van der Waals surface area contributed by atoms with Crippen LogP contribution in [0.3, 0.4) is 0 Å². The van der Waals surface area contributed by atoms with Crippen molar-refractivity contribution in [1.29, 1.82) is 0 Å². The molecule has 0 aliphatic carbocycles. The van der Waals surface area contributed by atoms with E-state index in [0.717, 1.165) is 0 Å². The topological polar surface area (TPSA) is 69.0 Å². The summed E-state index contributed by atoms with van der Waals surface area (Å²) in [5.41, 5.74) is -0.300. The van der Waals surface area contributed by atoms with Crippen LogP contribution in [0.5, 0.6) is 5.75 Å². The van der Waals surface area contributed by atoms with E-state index in [4.69, 9.17) is 4.74 Å². The molecular formula is C18H25FN4O2. The fourth-order valence-corrected chi connectivity index (χ4v) is 2.45. The third-order valence-electron chi connectivity index (χ3n) is 3.57. The van der Waals surface area contributed by atoms with Gasteiger partial charge in [-0.15, -0.1) is 0 Å². The Hall–Kier alpha value is -2.44. The molecule has 0 radical (unpaired) electrons. The molecule has 1 N–H and O–H groups in total. The van der Waals surface area contributed by atoms with Crippen molar-refractivity contribution in [2.75, 3.05) is 0 Å². The number of halogens is 1. The van der Waals surface area contributed by atoms with Gasteiger partial charge in [0.25, 0.3) is 0 Å². The summed E-state index contributed by atoms with van der Waals surface area (Å²) in [6.07, 6.45) is 0.693. The maximum absolute atomic E-state index is 13.2. The predicted molar refractivity (Wildman–Crippen MR) is 92.6 cm³/mol. The summed E-state index contributed by atoms with van der Waals surface area (Å²) in [5.74, 6) is 1.11. The first-order valence-corrected chi connectivity index (χ1v) is 8.32. The minimum absolute atomic E-state index is 0.118. The van der Waals surface area contributed by atoms with Gasteiger partial charge in [0, 0.05) is 13.0 Å². The van der Waals surface area contributed by atoms with E-state index in [1.807, 2.05) is 27.7 Å². The van der Waals surface area contributed by atoms with Crippen LogP contribution in [0.1, 0.15) is 58.7 Å². The van der Waals surface area contributed by atoms with E-state index >= 15 is 0 Å². The molecular weight excluding hydrogens is 323 g/mol. The van der Waals surface area contributed by atoms with Crippen molar-refractivity contribution in [3.63, 3.8) is 0 Å². The van der Waals surface area contributed by atoms with Gasteiger partial charge in [-0.1, -0.05) is 13.0 Å². The van der Waals surface area contributed by atoms with Crippen molar-refractivity contribution in [1.82, 2.24) is 20.1 Å². The van der Waals surface area contributed by atoms with Gasteiger partial charge in [0.15, 0.2) is 5.82 Å². The molecule has 0 aliphatic rings. The fraction of sp³-hybridized carbons (Fsp3) is 0.500. The Morgan fingerprint density at radius 2 is 2.12 bits per heavy atom. The highest BCUT2D eigenvalue weighted by atomic mass is 19.1. The first kappa shape index (κ1) is 18.9. The maximum Gasteiger partial charge on any atom is 0.217 e. The van der Waals surface area contributed by atoms with Crippen LogP contribution in [0.2, 0.25) is 0 Å². The summed E-state index contributed by atoms with van der Waals surface area (Å²) in [6, 6.07) is 5.70. The fourth-order valence-electron chi connectivity index (χ4n) is 2.45. The zero-order valence-corrected chi connectivity index (χ0v) is 15.3. The van der Waals surface area contributed by atoms with Crippen LogP contribution >= 0.6 is 0 Å². The van der Waals surface area contributed by atoms with Gasteiger partial charge in [-0.05, 0) is 39.3 Å². The molecule has 1 aromatic heterocycles. The van der Waals surface area contributed by atoms with Crippen LogP contribution in [0.25, 0.3) is 0 Å². The van der Waals surface area contributed by atoms with Gasteiger partial charge in [0.2, 0.25) is 5.91 Å². The lowest BCUT2D eigenvalue weighted by atomic mass is 10.1. The number of amides is 1. The number of ether oxygens (including phenoxy) is 1. The van der Waals surface area contributed by atoms with Gasteiger partial charge in [-0.25, -0.2) is 14.1 Å². The van der Waals surface area contributed by atoms with E-state index < -0.39 is 0 Å². The molecule has 1 unspecified atom stereocenters. The van der Waals surface area contributed by atoms with Crippen molar-refractivity contribution < 1.29 is 13.9 Å². The first-order valence-electron chi connectivity index (χ1n) is 8.32. The molecule has 0 spiro atoms. The summed E-state index contributed by atoms with van der Waals surface area (Å²) in [4.78, 5) is 16.0. The molecule has 1 amide bonds. The number of nitrogens with one attached hydrogen (secondary N) is 1. The monoisotopic (exact) mass is 348 g/mol. The number of benzene rings is 1.